The van der Waals surface area contributed by atoms with Crippen molar-refractivity contribution in [3.63, 3.8) is 0 Å². The summed E-state index contributed by atoms with van der Waals surface area (Å²) in [6.07, 6.45) is 0. The number of nitro benzene ring substituents is 1. The van der Waals surface area contributed by atoms with Gasteiger partial charge in [-0.3, -0.25) is 10.1 Å². The van der Waals surface area contributed by atoms with E-state index >= 15 is 0 Å². The minimum Gasteiger partial charge on any atom is -0.450 e. The highest BCUT2D eigenvalue weighted by atomic mass is 35.5. The lowest BCUT2D eigenvalue weighted by Crippen LogP contribution is -2.22. The molecule has 2 aromatic rings. The number of sulfonamides is 1. The van der Waals surface area contributed by atoms with Gasteiger partial charge in [0.2, 0.25) is 15.8 Å². The van der Waals surface area contributed by atoms with Gasteiger partial charge in [-0.15, -0.1) is 0 Å². The van der Waals surface area contributed by atoms with E-state index < -0.39 is 25.7 Å². The molecule has 0 aliphatic carbocycles. The molecule has 0 saturated carbocycles. The molecule has 2 aromatic carbocycles. The van der Waals surface area contributed by atoms with Crippen molar-refractivity contribution in [2.45, 2.75) is 4.90 Å². The monoisotopic (exact) mass is 356 g/mol. The predicted molar refractivity (Wildman–Crippen MR) is 85.5 cm³/mol. The molecule has 0 heterocycles. The molecular formula is C14H13ClN2O5S. The first-order valence-corrected chi connectivity index (χ1v) is 8.19. The van der Waals surface area contributed by atoms with Crippen LogP contribution in [0.25, 0.3) is 0 Å². The van der Waals surface area contributed by atoms with Crippen molar-refractivity contribution < 1.29 is 18.1 Å². The van der Waals surface area contributed by atoms with E-state index in [1.807, 2.05) is 0 Å². The molecule has 0 aromatic heterocycles. The zero-order chi connectivity index (χ0) is 17.2. The van der Waals surface area contributed by atoms with Crippen LogP contribution in [0.4, 0.5) is 5.69 Å². The Labute approximate surface area is 138 Å². The van der Waals surface area contributed by atoms with Gasteiger partial charge in [0.1, 0.15) is 15.7 Å². The molecule has 0 N–H and O–H groups in total. The van der Waals surface area contributed by atoms with Crippen LogP contribution in [0.1, 0.15) is 0 Å². The van der Waals surface area contributed by atoms with Crippen molar-refractivity contribution >= 4 is 27.3 Å². The standard InChI is InChI=1S/C14H13ClN2O5S/c1-16(2)23(20,21)12-9-8-11(14(13(12)15)17(18)19)22-10-6-4-3-5-7-10/h3-9H,1-2H3. The van der Waals surface area contributed by atoms with Crippen LogP contribution in [0.5, 0.6) is 11.5 Å². The SMILES string of the molecule is CN(C)S(=O)(=O)c1ccc(Oc2ccccc2)c([N+](=O)[O-])c1Cl. The summed E-state index contributed by atoms with van der Waals surface area (Å²) < 4.78 is 30.7. The second-order valence-corrected chi connectivity index (χ2v) is 7.18. The average molecular weight is 357 g/mol. The van der Waals surface area contributed by atoms with Crippen molar-refractivity contribution in [1.82, 2.24) is 4.31 Å². The molecular weight excluding hydrogens is 344 g/mol. The largest absolute Gasteiger partial charge is 0.450 e. The van der Waals surface area contributed by atoms with Gasteiger partial charge in [-0.2, -0.15) is 0 Å². The van der Waals surface area contributed by atoms with E-state index in [4.69, 9.17) is 16.3 Å². The first kappa shape index (κ1) is 17.2. The van der Waals surface area contributed by atoms with E-state index in [1.54, 1.807) is 30.3 Å². The van der Waals surface area contributed by atoms with Gasteiger partial charge in [0.05, 0.1) is 4.92 Å². The third kappa shape index (κ3) is 3.44. The summed E-state index contributed by atoms with van der Waals surface area (Å²) in [6.45, 7) is 0. The predicted octanol–water partition coefficient (Wildman–Crippen LogP) is 3.29. The molecule has 0 spiro atoms. The van der Waals surface area contributed by atoms with Gasteiger partial charge in [-0.1, -0.05) is 29.8 Å². The molecule has 2 rings (SSSR count). The molecule has 0 saturated heterocycles. The fourth-order valence-electron chi connectivity index (χ4n) is 1.79. The van der Waals surface area contributed by atoms with Crippen molar-refractivity contribution in [1.29, 1.82) is 0 Å². The van der Waals surface area contributed by atoms with Gasteiger partial charge >= 0.3 is 5.69 Å². The quantitative estimate of drug-likeness (QED) is 0.605. The Bertz CT molecular complexity index is 838. The number of ether oxygens (including phenoxy) is 1. The van der Waals surface area contributed by atoms with E-state index in [0.29, 0.717) is 5.75 Å². The smallest absolute Gasteiger partial charge is 0.331 e. The minimum atomic E-state index is -3.91. The molecule has 0 radical (unpaired) electrons. The Balaban J connectivity index is 2.59. The number of nitrogens with zero attached hydrogens (tertiary/aromatic N) is 2. The number of rotatable bonds is 5. The van der Waals surface area contributed by atoms with Gasteiger partial charge in [0.25, 0.3) is 0 Å². The third-order valence-electron chi connectivity index (χ3n) is 2.96. The molecule has 0 fully saturated rings. The summed E-state index contributed by atoms with van der Waals surface area (Å²) in [7, 11) is -1.29. The number of nitro groups is 1. The van der Waals surface area contributed by atoms with Gasteiger partial charge in [0, 0.05) is 14.1 Å². The maximum atomic E-state index is 12.2. The van der Waals surface area contributed by atoms with Crippen LogP contribution < -0.4 is 4.74 Å². The summed E-state index contributed by atoms with van der Waals surface area (Å²) in [4.78, 5) is 10.2. The van der Waals surface area contributed by atoms with E-state index in [0.717, 1.165) is 4.31 Å². The molecule has 122 valence electrons. The molecule has 7 nitrogen and oxygen atoms in total. The highest BCUT2D eigenvalue weighted by Crippen LogP contribution is 2.41. The number of halogens is 1. The second kappa shape index (κ2) is 6.53. The Morgan fingerprint density at radius 3 is 2.26 bits per heavy atom. The molecule has 23 heavy (non-hydrogen) atoms. The van der Waals surface area contributed by atoms with Crippen LogP contribution in [0.2, 0.25) is 5.02 Å². The zero-order valence-corrected chi connectivity index (χ0v) is 13.8. The van der Waals surface area contributed by atoms with E-state index in [1.165, 1.54) is 26.2 Å². The van der Waals surface area contributed by atoms with E-state index in [2.05, 4.69) is 0 Å². The Morgan fingerprint density at radius 1 is 1.13 bits per heavy atom. The zero-order valence-electron chi connectivity index (χ0n) is 12.3. The summed E-state index contributed by atoms with van der Waals surface area (Å²) in [5.41, 5.74) is -0.599. The lowest BCUT2D eigenvalue weighted by atomic mass is 10.3. The summed E-state index contributed by atoms with van der Waals surface area (Å²) in [5.74, 6) is 0.235. The highest BCUT2D eigenvalue weighted by Gasteiger charge is 2.30. The average Bonchev–Trinajstić information content (AvgIpc) is 2.47. The first-order valence-electron chi connectivity index (χ1n) is 6.37. The lowest BCUT2D eigenvalue weighted by Gasteiger charge is -2.14. The van der Waals surface area contributed by atoms with Crippen molar-refractivity contribution in [2.24, 2.45) is 0 Å². The second-order valence-electron chi connectivity index (χ2n) is 4.68. The number of hydrogen-bond acceptors (Lipinski definition) is 5. The van der Waals surface area contributed by atoms with Crippen LogP contribution in [0.15, 0.2) is 47.4 Å². The molecule has 0 unspecified atom stereocenters. The van der Waals surface area contributed by atoms with Gasteiger partial charge in [-0.25, -0.2) is 12.7 Å². The lowest BCUT2D eigenvalue weighted by molar-refractivity contribution is -0.385. The number of hydrogen-bond donors (Lipinski definition) is 0. The van der Waals surface area contributed by atoms with Crippen LogP contribution in [-0.2, 0) is 10.0 Å². The first-order chi connectivity index (χ1) is 10.7. The van der Waals surface area contributed by atoms with E-state index in [9.17, 15) is 18.5 Å². The molecule has 0 amide bonds. The van der Waals surface area contributed by atoms with E-state index in [-0.39, 0.29) is 10.6 Å². The van der Waals surface area contributed by atoms with Gasteiger partial charge < -0.3 is 4.74 Å². The van der Waals surface area contributed by atoms with Gasteiger partial charge in [0.15, 0.2) is 0 Å². The van der Waals surface area contributed by atoms with Crippen LogP contribution in [0.3, 0.4) is 0 Å². The number of benzene rings is 2. The molecule has 0 aliphatic rings. The van der Waals surface area contributed by atoms with Crippen LogP contribution >= 0.6 is 11.6 Å². The fraction of sp³-hybridized carbons (Fsp3) is 0.143. The molecule has 0 atom stereocenters. The maximum absolute atomic E-state index is 12.2. The Morgan fingerprint density at radius 2 is 1.74 bits per heavy atom. The topological polar surface area (TPSA) is 89.8 Å². The summed E-state index contributed by atoms with van der Waals surface area (Å²) in [5, 5.41) is 10.8. The summed E-state index contributed by atoms with van der Waals surface area (Å²) >= 11 is 5.98. The third-order valence-corrected chi connectivity index (χ3v) is 5.31. The summed E-state index contributed by atoms with van der Waals surface area (Å²) in [6, 6.07) is 10.8. The molecule has 9 heteroatoms. The highest BCUT2D eigenvalue weighted by molar-refractivity contribution is 7.89. The maximum Gasteiger partial charge on any atom is 0.331 e. The molecule has 0 aliphatic heterocycles. The fourth-order valence-corrected chi connectivity index (χ4v) is 3.27. The normalized spacial score (nSPS) is 11.5. The minimum absolute atomic E-state index is 0.135. The van der Waals surface area contributed by atoms with Crippen molar-refractivity contribution in [3.05, 3.63) is 57.6 Å². The Kier molecular flexibility index (Phi) is 4.88. The van der Waals surface area contributed by atoms with Crippen LogP contribution in [0, 0.1) is 10.1 Å². The van der Waals surface area contributed by atoms with Crippen molar-refractivity contribution in [2.75, 3.05) is 14.1 Å². The number of para-hydroxylation sites is 1. The molecule has 0 bridgehead atoms. The van der Waals surface area contributed by atoms with Crippen molar-refractivity contribution in [3.8, 4) is 11.5 Å². The van der Waals surface area contributed by atoms with Crippen LogP contribution in [-0.4, -0.2) is 31.7 Å². The Hall–Kier alpha value is -2.16. The van der Waals surface area contributed by atoms with Gasteiger partial charge in [-0.05, 0) is 24.3 Å².